The second-order valence-corrected chi connectivity index (χ2v) is 5.19. The molecule has 1 saturated carbocycles. The highest BCUT2D eigenvalue weighted by molar-refractivity contribution is 8.00. The van der Waals surface area contributed by atoms with E-state index >= 15 is 0 Å². The van der Waals surface area contributed by atoms with E-state index in [-0.39, 0.29) is 0 Å². The Bertz CT molecular complexity index is 355. The van der Waals surface area contributed by atoms with Crippen LogP contribution >= 0.6 is 11.8 Å². The minimum atomic E-state index is 0.441. The molecule has 1 aromatic heterocycles. The van der Waals surface area contributed by atoms with Gasteiger partial charge in [0.05, 0.1) is 6.61 Å². The number of hydrogen-bond acceptors (Lipinski definition) is 5. The molecule has 1 fully saturated rings. The summed E-state index contributed by atoms with van der Waals surface area (Å²) in [5.41, 5.74) is 0. The summed E-state index contributed by atoms with van der Waals surface area (Å²) in [5.74, 6) is 1.48. The van der Waals surface area contributed by atoms with Gasteiger partial charge in [0.2, 0.25) is 5.88 Å². The van der Waals surface area contributed by atoms with Crippen LogP contribution in [-0.4, -0.2) is 34.1 Å². The maximum absolute atomic E-state index is 5.32. The predicted molar refractivity (Wildman–Crippen MR) is 67.2 cm³/mol. The molecule has 0 amide bonds. The lowest BCUT2D eigenvalue weighted by molar-refractivity contribution is 0.326. The zero-order chi connectivity index (χ0) is 11.4. The van der Waals surface area contributed by atoms with Crippen LogP contribution in [0.2, 0.25) is 0 Å². The average Bonchev–Trinajstić information content (AvgIpc) is 3.08. The zero-order valence-electron chi connectivity index (χ0n) is 9.69. The summed E-state index contributed by atoms with van der Waals surface area (Å²) in [6.45, 7) is 3.55. The molecule has 1 aliphatic rings. The lowest BCUT2D eigenvalue weighted by atomic mass is 10.4. The zero-order valence-corrected chi connectivity index (χ0v) is 10.5. The van der Waals surface area contributed by atoms with Crippen molar-refractivity contribution in [3.63, 3.8) is 0 Å². The molecule has 88 valence electrons. The predicted octanol–water partition coefficient (Wildman–Crippen LogP) is 2.18. The molecule has 0 aromatic carbocycles. The van der Waals surface area contributed by atoms with E-state index in [1.165, 1.54) is 19.2 Å². The van der Waals surface area contributed by atoms with E-state index < -0.39 is 0 Å². The number of nitrogens with zero attached hydrogens (tertiary/aromatic N) is 2. The van der Waals surface area contributed by atoms with Gasteiger partial charge in [-0.1, -0.05) is 0 Å². The van der Waals surface area contributed by atoms with Crippen molar-refractivity contribution in [1.29, 1.82) is 0 Å². The SMILES string of the molecule is CCOc1cc(NCC2(SC)CC2)ncn1. The average molecular weight is 239 g/mol. The molecule has 0 spiro atoms. The van der Waals surface area contributed by atoms with Crippen LogP contribution in [0.1, 0.15) is 19.8 Å². The molecule has 0 saturated heterocycles. The number of anilines is 1. The first-order valence-corrected chi connectivity index (χ1v) is 6.74. The van der Waals surface area contributed by atoms with Crippen LogP contribution in [0, 0.1) is 0 Å². The summed E-state index contributed by atoms with van der Waals surface area (Å²) in [7, 11) is 0. The molecule has 1 N–H and O–H groups in total. The Morgan fingerprint density at radius 1 is 1.50 bits per heavy atom. The number of thioether (sulfide) groups is 1. The van der Waals surface area contributed by atoms with Crippen molar-refractivity contribution in [2.75, 3.05) is 24.7 Å². The topological polar surface area (TPSA) is 47.0 Å². The van der Waals surface area contributed by atoms with Crippen LogP contribution in [0.25, 0.3) is 0 Å². The van der Waals surface area contributed by atoms with E-state index in [2.05, 4.69) is 21.5 Å². The monoisotopic (exact) mass is 239 g/mol. The van der Waals surface area contributed by atoms with Gasteiger partial charge in [-0.05, 0) is 26.0 Å². The maximum Gasteiger partial charge on any atom is 0.218 e. The van der Waals surface area contributed by atoms with Gasteiger partial charge < -0.3 is 10.1 Å². The van der Waals surface area contributed by atoms with E-state index in [1.54, 1.807) is 0 Å². The van der Waals surface area contributed by atoms with Crippen molar-refractivity contribution in [2.45, 2.75) is 24.5 Å². The molecular weight excluding hydrogens is 222 g/mol. The molecule has 5 heteroatoms. The third-order valence-corrected chi connectivity index (χ3v) is 4.19. The Kier molecular flexibility index (Phi) is 3.53. The standard InChI is InChI=1S/C11H17N3OS/c1-3-15-10-6-9(13-8-14-10)12-7-11(16-2)4-5-11/h6,8H,3-5,7H2,1-2H3,(H,12,13,14). The summed E-state index contributed by atoms with van der Waals surface area (Å²) in [6.07, 6.45) is 6.29. The third-order valence-electron chi connectivity index (χ3n) is 2.77. The fourth-order valence-electron chi connectivity index (χ4n) is 1.51. The first kappa shape index (κ1) is 11.5. The summed E-state index contributed by atoms with van der Waals surface area (Å²) >= 11 is 1.93. The highest BCUT2D eigenvalue weighted by Gasteiger charge is 2.41. The van der Waals surface area contributed by atoms with Gasteiger partial charge in [-0.25, -0.2) is 9.97 Å². The Morgan fingerprint density at radius 2 is 2.31 bits per heavy atom. The lowest BCUT2D eigenvalue weighted by Gasteiger charge is -2.13. The van der Waals surface area contributed by atoms with Crippen LogP contribution < -0.4 is 10.1 Å². The van der Waals surface area contributed by atoms with E-state index in [9.17, 15) is 0 Å². The minimum Gasteiger partial charge on any atom is -0.478 e. The van der Waals surface area contributed by atoms with Gasteiger partial charge in [-0.2, -0.15) is 11.8 Å². The first-order valence-electron chi connectivity index (χ1n) is 5.52. The highest BCUT2D eigenvalue weighted by Crippen LogP contribution is 2.46. The van der Waals surface area contributed by atoms with Crippen molar-refractivity contribution in [2.24, 2.45) is 0 Å². The molecule has 0 atom stereocenters. The van der Waals surface area contributed by atoms with Gasteiger partial charge >= 0.3 is 0 Å². The van der Waals surface area contributed by atoms with Gasteiger partial charge in [0.1, 0.15) is 12.1 Å². The van der Waals surface area contributed by atoms with Crippen molar-refractivity contribution in [1.82, 2.24) is 9.97 Å². The van der Waals surface area contributed by atoms with Crippen molar-refractivity contribution in [3.05, 3.63) is 12.4 Å². The summed E-state index contributed by atoms with van der Waals surface area (Å²) in [4.78, 5) is 8.21. The molecule has 4 nitrogen and oxygen atoms in total. The Hall–Kier alpha value is -0.970. The van der Waals surface area contributed by atoms with Crippen LogP contribution in [0.15, 0.2) is 12.4 Å². The minimum absolute atomic E-state index is 0.441. The van der Waals surface area contributed by atoms with E-state index in [0.717, 1.165) is 12.4 Å². The number of nitrogens with one attached hydrogen (secondary N) is 1. The lowest BCUT2D eigenvalue weighted by Crippen LogP contribution is -2.18. The van der Waals surface area contributed by atoms with Crippen LogP contribution in [0.5, 0.6) is 5.88 Å². The molecule has 0 radical (unpaired) electrons. The molecule has 1 aliphatic carbocycles. The Labute approximate surface area is 100 Å². The van der Waals surface area contributed by atoms with Gasteiger partial charge in [-0.3, -0.25) is 0 Å². The molecule has 0 bridgehead atoms. The second-order valence-electron chi connectivity index (χ2n) is 3.92. The maximum atomic E-state index is 5.32. The normalized spacial score (nSPS) is 16.9. The van der Waals surface area contributed by atoms with Gasteiger partial charge in [0, 0.05) is 17.4 Å². The summed E-state index contributed by atoms with van der Waals surface area (Å²) < 4.78 is 5.77. The molecular formula is C11H17N3OS. The van der Waals surface area contributed by atoms with Gasteiger partial charge in [-0.15, -0.1) is 0 Å². The van der Waals surface area contributed by atoms with Crippen LogP contribution in [0.3, 0.4) is 0 Å². The van der Waals surface area contributed by atoms with Crippen molar-refractivity contribution in [3.8, 4) is 5.88 Å². The summed E-state index contributed by atoms with van der Waals surface area (Å²) in [5, 5.41) is 3.35. The van der Waals surface area contributed by atoms with Gasteiger partial charge in [0.15, 0.2) is 0 Å². The summed E-state index contributed by atoms with van der Waals surface area (Å²) in [6, 6.07) is 1.85. The quantitative estimate of drug-likeness (QED) is 0.824. The van der Waals surface area contributed by atoms with Crippen LogP contribution in [-0.2, 0) is 0 Å². The van der Waals surface area contributed by atoms with E-state index in [4.69, 9.17) is 4.74 Å². The second kappa shape index (κ2) is 4.91. The smallest absolute Gasteiger partial charge is 0.218 e. The highest BCUT2D eigenvalue weighted by atomic mass is 32.2. The molecule has 16 heavy (non-hydrogen) atoms. The molecule has 0 aliphatic heterocycles. The fraction of sp³-hybridized carbons (Fsp3) is 0.636. The fourth-order valence-corrected chi connectivity index (χ4v) is 2.23. The number of ether oxygens (including phenoxy) is 1. The molecule has 0 unspecified atom stereocenters. The van der Waals surface area contributed by atoms with Crippen LogP contribution in [0.4, 0.5) is 5.82 Å². The van der Waals surface area contributed by atoms with E-state index in [0.29, 0.717) is 17.2 Å². The molecule has 2 rings (SSSR count). The van der Waals surface area contributed by atoms with Crippen molar-refractivity contribution < 1.29 is 4.74 Å². The largest absolute Gasteiger partial charge is 0.478 e. The first-order chi connectivity index (χ1) is 7.78. The van der Waals surface area contributed by atoms with Crippen molar-refractivity contribution >= 4 is 17.6 Å². The number of hydrogen-bond donors (Lipinski definition) is 1. The Balaban J connectivity index is 1.91. The number of aromatic nitrogens is 2. The molecule has 1 heterocycles. The third kappa shape index (κ3) is 2.78. The van der Waals surface area contributed by atoms with E-state index in [1.807, 2.05) is 24.8 Å². The number of rotatable bonds is 6. The van der Waals surface area contributed by atoms with Gasteiger partial charge in [0.25, 0.3) is 0 Å². The Morgan fingerprint density at radius 3 is 2.94 bits per heavy atom. The molecule has 1 aromatic rings.